The van der Waals surface area contributed by atoms with Gasteiger partial charge >= 0.3 is 6.03 Å². The van der Waals surface area contributed by atoms with Crippen molar-refractivity contribution in [1.29, 1.82) is 0 Å². The van der Waals surface area contributed by atoms with E-state index in [1.54, 1.807) is 35.4 Å². The molecule has 144 valence electrons. The second-order valence-electron chi connectivity index (χ2n) is 6.28. The van der Waals surface area contributed by atoms with E-state index in [-0.39, 0.29) is 12.1 Å². The van der Waals surface area contributed by atoms with Gasteiger partial charge in [0.25, 0.3) is 0 Å². The number of benzene rings is 1. The quantitative estimate of drug-likeness (QED) is 0.804. The van der Waals surface area contributed by atoms with E-state index in [1.807, 2.05) is 0 Å². The van der Waals surface area contributed by atoms with Crippen LogP contribution in [0.1, 0.15) is 12.8 Å². The summed E-state index contributed by atoms with van der Waals surface area (Å²) in [6, 6.07) is 6.35. The number of urea groups is 1. The molecule has 2 amide bonds. The lowest BCUT2D eigenvalue weighted by Crippen LogP contribution is -2.50. The molecule has 0 spiro atoms. The number of nitrogens with one attached hydrogen (secondary N) is 2. The van der Waals surface area contributed by atoms with Gasteiger partial charge in [0.05, 0.1) is 12.5 Å². The molecule has 1 aromatic carbocycles. The summed E-state index contributed by atoms with van der Waals surface area (Å²) in [5.74, 6) is 0.955. The van der Waals surface area contributed by atoms with E-state index in [2.05, 4.69) is 20.0 Å². The first-order valence-electron chi connectivity index (χ1n) is 8.46. The third kappa shape index (κ3) is 5.90. The van der Waals surface area contributed by atoms with Crippen molar-refractivity contribution in [3.05, 3.63) is 42.9 Å². The topological polar surface area (TPSA) is 114 Å². The number of anilines is 1. The molecule has 0 radical (unpaired) electrons. The summed E-state index contributed by atoms with van der Waals surface area (Å²) in [4.78, 5) is 22.0. The van der Waals surface area contributed by atoms with Crippen LogP contribution in [0.15, 0.2) is 42.9 Å². The van der Waals surface area contributed by atoms with Crippen LogP contribution < -0.4 is 14.8 Å². The van der Waals surface area contributed by atoms with E-state index in [0.29, 0.717) is 36.8 Å². The molecule has 1 saturated heterocycles. The molecule has 0 aliphatic carbocycles. The predicted octanol–water partition coefficient (Wildman–Crippen LogP) is 1.81. The maximum absolute atomic E-state index is 12.4. The van der Waals surface area contributed by atoms with Crippen molar-refractivity contribution in [2.24, 2.45) is 0 Å². The van der Waals surface area contributed by atoms with Gasteiger partial charge in [0.1, 0.15) is 5.75 Å². The summed E-state index contributed by atoms with van der Waals surface area (Å²) < 4.78 is 30.9. The molecular formula is C17H21N5O4S. The Balaban J connectivity index is 1.56. The number of sulfonamides is 1. The number of aromatic nitrogens is 2. The van der Waals surface area contributed by atoms with Gasteiger partial charge in [0, 0.05) is 37.2 Å². The number of likely N-dealkylation sites (tertiary alicyclic amines) is 1. The van der Waals surface area contributed by atoms with Crippen LogP contribution in [0, 0.1) is 0 Å². The van der Waals surface area contributed by atoms with Gasteiger partial charge in [-0.15, -0.1) is 0 Å². The Morgan fingerprint density at radius 2 is 2.04 bits per heavy atom. The predicted molar refractivity (Wildman–Crippen MR) is 100 cm³/mol. The third-order valence-corrected chi connectivity index (χ3v) is 4.72. The molecule has 2 aromatic rings. The third-order valence-electron chi connectivity index (χ3n) is 3.96. The van der Waals surface area contributed by atoms with E-state index in [4.69, 9.17) is 4.74 Å². The Morgan fingerprint density at radius 3 is 2.70 bits per heavy atom. The van der Waals surface area contributed by atoms with E-state index in [0.717, 1.165) is 12.7 Å². The highest BCUT2D eigenvalue weighted by Gasteiger charge is 2.25. The van der Waals surface area contributed by atoms with Crippen LogP contribution >= 0.6 is 0 Å². The van der Waals surface area contributed by atoms with Crippen LogP contribution in [-0.4, -0.2) is 54.7 Å². The molecule has 9 nitrogen and oxygen atoms in total. The maximum Gasteiger partial charge on any atom is 0.321 e. The standard InChI is InChI=1S/C17H21N5O4S/c1-27(24,25)21-14-3-2-10-22(12-14)17(23)20-13-4-6-15(7-5-13)26-16-11-18-8-9-19-16/h4-9,11,14,21H,2-3,10,12H2,1H3,(H,20,23)/t14-/m1/s1. The Hall–Kier alpha value is -2.72. The molecule has 3 rings (SSSR count). The van der Waals surface area contributed by atoms with E-state index >= 15 is 0 Å². The van der Waals surface area contributed by atoms with Crippen molar-refractivity contribution >= 4 is 21.7 Å². The zero-order chi connectivity index (χ0) is 19.3. The molecule has 1 aromatic heterocycles. The van der Waals surface area contributed by atoms with Crippen LogP contribution in [0.4, 0.5) is 10.5 Å². The molecular weight excluding hydrogens is 370 g/mol. The maximum atomic E-state index is 12.4. The fourth-order valence-electron chi connectivity index (χ4n) is 2.83. The number of hydrogen-bond acceptors (Lipinski definition) is 6. The summed E-state index contributed by atoms with van der Waals surface area (Å²) in [6.07, 6.45) is 7.18. The number of ether oxygens (including phenoxy) is 1. The molecule has 1 aliphatic heterocycles. The molecule has 27 heavy (non-hydrogen) atoms. The minimum Gasteiger partial charge on any atom is -0.438 e. The molecule has 2 N–H and O–H groups in total. The van der Waals surface area contributed by atoms with Gasteiger partial charge in [-0.3, -0.25) is 4.98 Å². The van der Waals surface area contributed by atoms with Crippen molar-refractivity contribution < 1.29 is 17.9 Å². The lowest BCUT2D eigenvalue weighted by atomic mass is 10.1. The summed E-state index contributed by atoms with van der Waals surface area (Å²) >= 11 is 0. The van der Waals surface area contributed by atoms with Gasteiger partial charge in [-0.25, -0.2) is 22.9 Å². The smallest absolute Gasteiger partial charge is 0.321 e. The minimum atomic E-state index is -3.29. The van der Waals surface area contributed by atoms with Gasteiger partial charge in [-0.05, 0) is 37.1 Å². The summed E-state index contributed by atoms with van der Waals surface area (Å²) in [7, 11) is -3.29. The first-order chi connectivity index (χ1) is 12.9. The number of amides is 2. The van der Waals surface area contributed by atoms with Crippen molar-refractivity contribution in [2.75, 3.05) is 24.7 Å². The second kappa shape index (κ2) is 8.31. The Bertz CT molecular complexity index is 874. The molecule has 2 heterocycles. The molecule has 0 bridgehead atoms. The van der Waals surface area contributed by atoms with E-state index in [9.17, 15) is 13.2 Å². The Morgan fingerprint density at radius 1 is 1.26 bits per heavy atom. The van der Waals surface area contributed by atoms with Crippen LogP contribution in [0.5, 0.6) is 11.6 Å². The average Bonchev–Trinajstić information content (AvgIpc) is 2.63. The van der Waals surface area contributed by atoms with Crippen molar-refractivity contribution in [3.8, 4) is 11.6 Å². The minimum absolute atomic E-state index is 0.262. The lowest BCUT2D eigenvalue weighted by Gasteiger charge is -2.32. The molecule has 0 saturated carbocycles. The fourth-order valence-corrected chi connectivity index (χ4v) is 3.63. The largest absolute Gasteiger partial charge is 0.438 e. The summed E-state index contributed by atoms with van der Waals surface area (Å²) in [5.41, 5.74) is 0.615. The number of rotatable bonds is 5. The number of carbonyl (C=O) groups excluding carboxylic acids is 1. The number of piperidine rings is 1. The van der Waals surface area contributed by atoms with Crippen LogP contribution in [-0.2, 0) is 10.0 Å². The van der Waals surface area contributed by atoms with Gasteiger partial charge in [0.2, 0.25) is 15.9 Å². The molecule has 0 unspecified atom stereocenters. The highest BCUT2D eigenvalue weighted by atomic mass is 32.2. The monoisotopic (exact) mass is 391 g/mol. The lowest BCUT2D eigenvalue weighted by molar-refractivity contribution is 0.190. The normalized spacial score (nSPS) is 17.4. The number of carbonyl (C=O) groups is 1. The Labute approximate surface area is 157 Å². The second-order valence-corrected chi connectivity index (χ2v) is 8.06. The SMILES string of the molecule is CS(=O)(=O)N[C@@H]1CCCN(C(=O)Nc2ccc(Oc3cnccn3)cc2)C1. The van der Waals surface area contributed by atoms with Crippen molar-refractivity contribution in [2.45, 2.75) is 18.9 Å². The van der Waals surface area contributed by atoms with Crippen molar-refractivity contribution in [1.82, 2.24) is 19.6 Å². The van der Waals surface area contributed by atoms with Crippen molar-refractivity contribution in [3.63, 3.8) is 0 Å². The number of hydrogen-bond donors (Lipinski definition) is 2. The van der Waals surface area contributed by atoms with Gasteiger partial charge in [-0.2, -0.15) is 0 Å². The molecule has 10 heteroatoms. The Kier molecular flexibility index (Phi) is 5.87. The zero-order valence-electron chi connectivity index (χ0n) is 14.8. The summed E-state index contributed by atoms with van der Waals surface area (Å²) in [6.45, 7) is 0.925. The van der Waals surface area contributed by atoms with Crippen LogP contribution in [0.3, 0.4) is 0 Å². The van der Waals surface area contributed by atoms with E-state index < -0.39 is 10.0 Å². The van der Waals surface area contributed by atoms with E-state index in [1.165, 1.54) is 12.4 Å². The van der Waals surface area contributed by atoms with Gasteiger partial charge in [0.15, 0.2) is 0 Å². The number of nitrogens with zero attached hydrogens (tertiary/aromatic N) is 3. The van der Waals surface area contributed by atoms with Gasteiger partial charge in [-0.1, -0.05) is 0 Å². The molecule has 1 fully saturated rings. The first-order valence-corrected chi connectivity index (χ1v) is 10.4. The highest BCUT2D eigenvalue weighted by molar-refractivity contribution is 7.88. The summed E-state index contributed by atoms with van der Waals surface area (Å²) in [5, 5.41) is 2.81. The highest BCUT2D eigenvalue weighted by Crippen LogP contribution is 2.21. The van der Waals surface area contributed by atoms with Gasteiger partial charge < -0.3 is 15.0 Å². The molecule has 1 atom stereocenters. The first kappa shape index (κ1) is 19.1. The zero-order valence-corrected chi connectivity index (χ0v) is 15.6. The fraction of sp³-hybridized carbons (Fsp3) is 0.353. The molecule has 1 aliphatic rings. The average molecular weight is 391 g/mol. The van der Waals surface area contributed by atoms with Crippen LogP contribution in [0.25, 0.3) is 0 Å². The van der Waals surface area contributed by atoms with Crippen LogP contribution in [0.2, 0.25) is 0 Å².